The molecule has 332 valence electrons. The first-order chi connectivity index (χ1) is 30.2. The summed E-state index contributed by atoms with van der Waals surface area (Å²) in [6.45, 7) is 4.86. The summed E-state index contributed by atoms with van der Waals surface area (Å²) in [4.78, 5) is 33.7. The van der Waals surface area contributed by atoms with Gasteiger partial charge in [0.1, 0.15) is 29.0 Å². The van der Waals surface area contributed by atoms with Crippen LogP contribution in [0.25, 0.3) is 0 Å². The average Bonchev–Trinajstić information content (AvgIpc) is 3.29. The Morgan fingerprint density at radius 1 is 1.02 bits per heavy atom. The molecule has 2 N–H and O–H groups in total. The number of allylic oxidation sites excluding steroid dienone is 1. The molecule has 14 heteroatoms. The number of non-ortho nitro benzene ring substituents is 1. The van der Waals surface area contributed by atoms with Gasteiger partial charge in [0.2, 0.25) is 18.0 Å². The number of nitrogens with zero attached hydrogens (tertiary/aromatic N) is 3. The van der Waals surface area contributed by atoms with E-state index in [1.165, 1.54) is 12.1 Å². The molecule has 1 saturated carbocycles. The number of nitro groups is 1. The van der Waals surface area contributed by atoms with E-state index in [9.17, 15) is 25.1 Å². The molecule has 1 saturated heterocycles. The monoisotopic (exact) mass is 853 g/mol. The molecule has 4 aliphatic rings. The number of carbonyl (C=O) groups excluding carboxylic acids is 1. The van der Waals surface area contributed by atoms with Crippen molar-refractivity contribution in [1.82, 2.24) is 4.90 Å². The van der Waals surface area contributed by atoms with Gasteiger partial charge in [-0.1, -0.05) is 48.3 Å². The minimum Gasteiger partial charge on any atom is -0.497 e. The minimum absolute atomic E-state index is 0.00296. The molecule has 3 aromatic rings. The van der Waals surface area contributed by atoms with Crippen molar-refractivity contribution in [3.8, 4) is 23.0 Å². The van der Waals surface area contributed by atoms with Crippen LogP contribution in [0.1, 0.15) is 81.3 Å². The van der Waals surface area contributed by atoms with Crippen LogP contribution in [0.5, 0.6) is 23.0 Å². The molecule has 3 aromatic carbocycles. The quantitative estimate of drug-likeness (QED) is 0.0485. The van der Waals surface area contributed by atoms with Crippen LogP contribution in [0.3, 0.4) is 0 Å². The van der Waals surface area contributed by atoms with Crippen molar-refractivity contribution < 1.29 is 48.5 Å². The lowest BCUT2D eigenvalue weighted by Gasteiger charge is -2.59. The van der Waals surface area contributed by atoms with E-state index in [-0.39, 0.29) is 62.0 Å². The number of benzene rings is 3. The summed E-state index contributed by atoms with van der Waals surface area (Å²) in [5, 5.41) is 36.4. The van der Waals surface area contributed by atoms with Crippen LogP contribution in [0.2, 0.25) is 0 Å². The Bertz CT molecular complexity index is 2100. The van der Waals surface area contributed by atoms with E-state index in [0.717, 1.165) is 55.2 Å². The number of aliphatic hydroxyl groups is 2. The first-order valence-corrected chi connectivity index (χ1v) is 21.9. The number of fused-ring (bicyclic) bond motifs is 2. The van der Waals surface area contributed by atoms with Gasteiger partial charge in [0.05, 0.1) is 49.4 Å². The highest BCUT2D eigenvalue weighted by Crippen LogP contribution is 2.62. The van der Waals surface area contributed by atoms with E-state index in [1.54, 1.807) is 43.3 Å². The van der Waals surface area contributed by atoms with Crippen molar-refractivity contribution in [2.24, 2.45) is 22.9 Å². The molecule has 62 heavy (non-hydrogen) atoms. The third-order valence-corrected chi connectivity index (χ3v) is 12.7. The Labute approximate surface area is 363 Å². The maximum Gasteiger partial charge on any atom is 0.273 e. The second kappa shape index (κ2) is 20.7. The van der Waals surface area contributed by atoms with Crippen molar-refractivity contribution in [1.29, 1.82) is 0 Å². The molecule has 7 atom stereocenters. The number of unbranched alkanes of at least 4 members (excludes halogenated alkanes) is 2. The summed E-state index contributed by atoms with van der Waals surface area (Å²) in [6, 6.07) is 18.4. The third kappa shape index (κ3) is 9.83. The smallest absolute Gasteiger partial charge is 0.273 e. The zero-order valence-electron chi connectivity index (χ0n) is 35.7. The van der Waals surface area contributed by atoms with E-state index >= 15 is 0 Å². The molecule has 14 nitrogen and oxygen atoms in total. The van der Waals surface area contributed by atoms with Gasteiger partial charge in [-0.3, -0.25) is 14.9 Å². The van der Waals surface area contributed by atoms with Gasteiger partial charge in [0.15, 0.2) is 0 Å². The van der Waals surface area contributed by atoms with Crippen molar-refractivity contribution in [3.05, 3.63) is 112 Å². The minimum atomic E-state index is -1.43. The van der Waals surface area contributed by atoms with E-state index in [0.29, 0.717) is 54.6 Å². The number of likely N-dealkylation sites (N-methyl/N-ethyl adjacent to an activating group) is 1. The van der Waals surface area contributed by atoms with E-state index in [1.807, 2.05) is 36.4 Å². The number of hydrogen-bond acceptors (Lipinski definition) is 12. The third-order valence-electron chi connectivity index (χ3n) is 12.7. The number of hydrogen-bond donors (Lipinski definition) is 2. The predicted octanol–water partition coefficient (Wildman–Crippen LogP) is 8.26. The summed E-state index contributed by atoms with van der Waals surface area (Å²) >= 11 is 0. The highest BCUT2D eigenvalue weighted by molar-refractivity contribution is 6.03. The zero-order valence-corrected chi connectivity index (χ0v) is 35.7. The van der Waals surface area contributed by atoms with Crippen molar-refractivity contribution in [2.75, 3.05) is 40.6 Å². The Kier molecular flexibility index (Phi) is 15.0. The molecule has 0 aromatic heterocycles. The summed E-state index contributed by atoms with van der Waals surface area (Å²) in [7, 11) is 3.38. The lowest BCUT2D eigenvalue weighted by atomic mass is 9.55. The molecule has 2 aliphatic carbocycles. The number of aliphatic hydroxyl groups excluding tert-OH is 2. The van der Waals surface area contributed by atoms with Gasteiger partial charge in [0.25, 0.3) is 5.69 Å². The standard InChI is InChI=1S/C48H59N3O11/c1-4-24-59-48-43(50(2)44(54)27-32-13-11-16-35(26-32)57-3)31-41(49-62-45-19-7-10-25-58-45)39-28-33(14-5-8-22-52)38(18-6-9-23-53)46(47(39)48)40-30-37(20-21-42(40)61-48)60-36-17-12-15-34(29-36)51(55)56/h4,11-13,15-17,20-21,26,28-30,33,38,43,45-47,52-53H,1,5-10,14,18-19,22-25,27,31H2,2-3H3. The number of oxime groups is 1. The highest BCUT2D eigenvalue weighted by atomic mass is 16.8. The fraction of sp³-hybridized carbons (Fsp3) is 0.500. The van der Waals surface area contributed by atoms with Gasteiger partial charge in [0, 0.05) is 50.7 Å². The van der Waals surface area contributed by atoms with Crippen molar-refractivity contribution in [2.45, 2.75) is 94.7 Å². The second-order valence-electron chi connectivity index (χ2n) is 16.6. The van der Waals surface area contributed by atoms with Gasteiger partial charge in [-0.05, 0) is 97.9 Å². The number of methoxy groups -OCH3 is 1. The lowest BCUT2D eigenvalue weighted by molar-refractivity contribution is -0.384. The molecule has 0 spiro atoms. The molecule has 1 amide bonds. The van der Waals surface area contributed by atoms with Gasteiger partial charge in [-0.15, -0.1) is 6.58 Å². The maximum atomic E-state index is 14.6. The SMILES string of the molecule is C=CCOC12Oc3ccc(Oc4cccc([N+](=O)[O-])c4)cc3C3C(CCCCO)C(CCCCO)C=C(C(=NOC4CCCCO4)CC1N(C)C(=O)Cc1cccc(OC)c1)C32. The van der Waals surface area contributed by atoms with Crippen LogP contribution in [0.4, 0.5) is 5.69 Å². The lowest BCUT2D eigenvalue weighted by Crippen LogP contribution is -2.69. The highest BCUT2D eigenvalue weighted by Gasteiger charge is 2.65. The summed E-state index contributed by atoms with van der Waals surface area (Å²) in [5.74, 6) is -0.351. The van der Waals surface area contributed by atoms with Crippen LogP contribution < -0.4 is 14.2 Å². The zero-order chi connectivity index (χ0) is 43.6. The van der Waals surface area contributed by atoms with E-state index in [2.05, 4.69) is 12.7 Å². The largest absolute Gasteiger partial charge is 0.497 e. The molecule has 7 rings (SSSR count). The molecule has 7 unspecified atom stereocenters. The summed E-state index contributed by atoms with van der Waals surface area (Å²) in [5.41, 5.74) is 3.15. The fourth-order valence-electron chi connectivity index (χ4n) is 9.76. The predicted molar refractivity (Wildman–Crippen MR) is 232 cm³/mol. The van der Waals surface area contributed by atoms with Crippen molar-refractivity contribution in [3.63, 3.8) is 0 Å². The van der Waals surface area contributed by atoms with Gasteiger partial charge < -0.3 is 43.6 Å². The van der Waals surface area contributed by atoms with Crippen LogP contribution in [0.15, 0.2) is 96.2 Å². The molecule has 0 radical (unpaired) electrons. The number of ether oxygens (including phenoxy) is 5. The van der Waals surface area contributed by atoms with E-state index < -0.39 is 29.0 Å². The normalized spacial score (nSPS) is 25.7. The number of carbonyl (C=O) groups is 1. The Morgan fingerprint density at radius 2 is 1.79 bits per heavy atom. The first kappa shape index (κ1) is 44.8. The number of amides is 1. The Balaban J connectivity index is 1.40. The summed E-state index contributed by atoms with van der Waals surface area (Å²) in [6.07, 6.45) is 10.8. The van der Waals surface area contributed by atoms with Gasteiger partial charge in [-0.25, -0.2) is 0 Å². The molecule has 2 heterocycles. The van der Waals surface area contributed by atoms with E-state index in [4.69, 9.17) is 33.7 Å². The van der Waals surface area contributed by atoms with Crippen molar-refractivity contribution >= 4 is 17.3 Å². The van der Waals surface area contributed by atoms with Crippen LogP contribution >= 0.6 is 0 Å². The maximum absolute atomic E-state index is 14.6. The second-order valence-corrected chi connectivity index (χ2v) is 16.6. The molecule has 0 bridgehead atoms. The molecule has 2 fully saturated rings. The fourth-order valence-corrected chi connectivity index (χ4v) is 9.76. The van der Waals surface area contributed by atoms with Gasteiger partial charge in [-0.2, -0.15) is 0 Å². The Hall–Kier alpha value is -5.28. The van der Waals surface area contributed by atoms with Crippen LogP contribution in [-0.2, 0) is 25.5 Å². The molecular weight excluding hydrogens is 795 g/mol. The first-order valence-electron chi connectivity index (χ1n) is 21.9. The average molecular weight is 854 g/mol. The topological polar surface area (TPSA) is 172 Å². The van der Waals surface area contributed by atoms with Gasteiger partial charge >= 0.3 is 0 Å². The van der Waals surface area contributed by atoms with Crippen LogP contribution in [0, 0.1) is 27.9 Å². The van der Waals surface area contributed by atoms with Crippen LogP contribution in [-0.4, -0.2) is 90.4 Å². The number of nitro benzene ring substituents is 1. The Morgan fingerprint density at radius 3 is 2.53 bits per heavy atom. The molecule has 2 aliphatic heterocycles. The summed E-state index contributed by atoms with van der Waals surface area (Å²) < 4.78 is 32.0. The number of rotatable bonds is 20. The molecular formula is C48H59N3O11.